The van der Waals surface area contributed by atoms with Crippen molar-refractivity contribution in [3.8, 4) is 0 Å². The molecule has 5 rings (SSSR count). The first kappa shape index (κ1) is 21.2. The lowest BCUT2D eigenvalue weighted by atomic mass is 9.90. The number of para-hydroxylation sites is 1. The van der Waals surface area contributed by atoms with Crippen molar-refractivity contribution in [2.45, 2.75) is 17.0 Å². The van der Waals surface area contributed by atoms with Gasteiger partial charge in [0.2, 0.25) is 5.91 Å². The second-order valence-corrected chi connectivity index (χ2v) is 8.60. The number of non-ortho nitro benzene ring substituents is 1. The summed E-state index contributed by atoms with van der Waals surface area (Å²) in [5.74, 6) is -1.63. The van der Waals surface area contributed by atoms with E-state index in [1.807, 2.05) is 60.9 Å². The van der Waals surface area contributed by atoms with Gasteiger partial charge in [-0.05, 0) is 48.2 Å². The maximum absolute atomic E-state index is 13.6. The number of amides is 2. The molecule has 2 saturated heterocycles. The number of rotatable bonds is 5. The molecule has 2 aliphatic heterocycles. The molecule has 166 valence electrons. The third kappa shape index (κ3) is 3.55. The lowest BCUT2D eigenvalue weighted by molar-refractivity contribution is -0.384. The van der Waals surface area contributed by atoms with Crippen LogP contribution in [0.3, 0.4) is 0 Å². The van der Waals surface area contributed by atoms with Gasteiger partial charge in [0.15, 0.2) is 6.10 Å². The van der Waals surface area contributed by atoms with E-state index in [-0.39, 0.29) is 11.4 Å². The highest BCUT2D eigenvalue weighted by Crippen LogP contribution is 2.47. The van der Waals surface area contributed by atoms with E-state index in [0.29, 0.717) is 0 Å². The summed E-state index contributed by atoms with van der Waals surface area (Å²) in [5.41, 5.74) is 1.77. The van der Waals surface area contributed by atoms with Crippen molar-refractivity contribution in [2.75, 3.05) is 16.2 Å². The lowest BCUT2D eigenvalue weighted by Gasteiger charge is -2.28. The third-order valence-corrected chi connectivity index (χ3v) is 6.65. The molecule has 2 aliphatic rings. The van der Waals surface area contributed by atoms with Crippen LogP contribution in [0.4, 0.5) is 17.1 Å². The number of nitrogens with zero attached hydrogens (tertiary/aromatic N) is 3. The van der Waals surface area contributed by atoms with E-state index in [1.165, 1.54) is 24.3 Å². The van der Waals surface area contributed by atoms with Gasteiger partial charge in [0, 0.05) is 17.0 Å². The summed E-state index contributed by atoms with van der Waals surface area (Å²) < 4.78 is 0. The van der Waals surface area contributed by atoms with Gasteiger partial charge in [0.05, 0.1) is 22.3 Å². The van der Waals surface area contributed by atoms with E-state index < -0.39 is 34.8 Å². The fourth-order valence-electron chi connectivity index (χ4n) is 4.33. The van der Waals surface area contributed by atoms with E-state index in [0.717, 1.165) is 21.0 Å². The van der Waals surface area contributed by atoms with Crippen LogP contribution in [0.2, 0.25) is 0 Å². The molecule has 3 aromatic rings. The molecule has 0 radical (unpaired) electrons. The fraction of sp³-hybridized carbons (Fsp3) is 0.167. The van der Waals surface area contributed by atoms with Gasteiger partial charge in [0.1, 0.15) is 5.92 Å². The number of thioether (sulfide) groups is 1. The minimum Gasteiger partial charge on any atom is -0.273 e. The summed E-state index contributed by atoms with van der Waals surface area (Å²) in [7, 11) is 0. The molecule has 0 aromatic heterocycles. The number of nitro benzene ring substituents is 1. The number of fused-ring (bicyclic) bond motifs is 1. The van der Waals surface area contributed by atoms with Crippen LogP contribution in [0.1, 0.15) is 11.6 Å². The molecule has 0 aliphatic carbocycles. The normalized spacial score (nSPS) is 22.0. The molecule has 3 atom stereocenters. The largest absolute Gasteiger partial charge is 0.273 e. The Balaban J connectivity index is 1.54. The van der Waals surface area contributed by atoms with E-state index in [1.54, 1.807) is 16.8 Å². The Bertz CT molecular complexity index is 1220. The summed E-state index contributed by atoms with van der Waals surface area (Å²) in [5, 5.41) is 12.6. The van der Waals surface area contributed by atoms with Crippen LogP contribution in [0.25, 0.3) is 0 Å². The molecule has 0 bridgehead atoms. The SMILES string of the molecule is CSc1ccc([C@H]2[C@H]3C(=O)N(c4ccc([N+](=O)[O-])cc4)C(=O)[C@H]3ON2c2ccccc2)cc1. The Hall–Kier alpha value is -3.69. The van der Waals surface area contributed by atoms with E-state index in [4.69, 9.17) is 4.84 Å². The molecular weight excluding hydrogens is 442 g/mol. The van der Waals surface area contributed by atoms with Crippen LogP contribution in [-0.2, 0) is 14.4 Å². The Morgan fingerprint density at radius 2 is 1.55 bits per heavy atom. The Morgan fingerprint density at radius 1 is 0.879 bits per heavy atom. The Kier molecular flexibility index (Phi) is 5.35. The summed E-state index contributed by atoms with van der Waals surface area (Å²) in [6.07, 6.45) is 0.999. The zero-order chi connectivity index (χ0) is 23.1. The fourth-order valence-corrected chi connectivity index (χ4v) is 4.74. The molecule has 0 spiro atoms. The zero-order valence-electron chi connectivity index (χ0n) is 17.5. The van der Waals surface area contributed by atoms with Gasteiger partial charge in [0.25, 0.3) is 11.6 Å². The minimum atomic E-state index is -0.988. The summed E-state index contributed by atoms with van der Waals surface area (Å²) in [6.45, 7) is 0. The van der Waals surface area contributed by atoms with Crippen molar-refractivity contribution < 1.29 is 19.3 Å². The number of hydrogen-bond acceptors (Lipinski definition) is 7. The van der Waals surface area contributed by atoms with Crippen molar-refractivity contribution in [3.63, 3.8) is 0 Å². The number of anilines is 2. The van der Waals surface area contributed by atoms with Crippen LogP contribution in [0, 0.1) is 16.0 Å². The summed E-state index contributed by atoms with van der Waals surface area (Å²) in [6, 6.07) is 22.1. The van der Waals surface area contributed by atoms with Crippen molar-refractivity contribution in [2.24, 2.45) is 5.92 Å². The lowest BCUT2D eigenvalue weighted by Crippen LogP contribution is -2.37. The quantitative estimate of drug-likeness (QED) is 0.241. The maximum atomic E-state index is 13.6. The highest BCUT2D eigenvalue weighted by molar-refractivity contribution is 7.98. The van der Waals surface area contributed by atoms with Crippen LogP contribution < -0.4 is 9.96 Å². The van der Waals surface area contributed by atoms with Gasteiger partial charge in [-0.1, -0.05) is 30.3 Å². The number of nitro groups is 1. The smallest absolute Gasteiger partial charge is 0.269 e. The van der Waals surface area contributed by atoms with Gasteiger partial charge in [-0.3, -0.25) is 24.5 Å². The molecule has 33 heavy (non-hydrogen) atoms. The molecule has 2 heterocycles. The number of hydroxylamine groups is 1. The van der Waals surface area contributed by atoms with Crippen molar-refractivity contribution in [3.05, 3.63) is 94.5 Å². The Morgan fingerprint density at radius 3 is 2.15 bits per heavy atom. The van der Waals surface area contributed by atoms with Crippen LogP contribution in [-0.4, -0.2) is 29.1 Å². The van der Waals surface area contributed by atoms with Gasteiger partial charge >= 0.3 is 0 Å². The predicted molar refractivity (Wildman–Crippen MR) is 124 cm³/mol. The molecule has 0 unspecified atom stereocenters. The highest BCUT2D eigenvalue weighted by atomic mass is 32.2. The minimum absolute atomic E-state index is 0.115. The van der Waals surface area contributed by atoms with Crippen molar-refractivity contribution in [1.82, 2.24) is 0 Å². The van der Waals surface area contributed by atoms with E-state index in [9.17, 15) is 19.7 Å². The standard InChI is InChI=1S/C24H19N3O5S/c1-33-19-13-7-15(8-14-19)21-20-22(32-26(21)17-5-3-2-4-6-17)24(29)25(23(20)28)16-9-11-18(12-10-16)27(30)31/h2-14,20-22H,1H3/t20-,21+,22+/m1/s1. The van der Waals surface area contributed by atoms with Gasteiger partial charge in [-0.15, -0.1) is 11.8 Å². The average molecular weight is 461 g/mol. The van der Waals surface area contributed by atoms with Crippen LogP contribution >= 0.6 is 11.8 Å². The van der Waals surface area contributed by atoms with Gasteiger partial charge in [-0.2, -0.15) is 0 Å². The molecule has 2 amide bonds. The average Bonchev–Trinajstić information content (AvgIpc) is 3.35. The monoisotopic (exact) mass is 461 g/mol. The number of hydrogen-bond donors (Lipinski definition) is 0. The van der Waals surface area contributed by atoms with E-state index in [2.05, 4.69) is 0 Å². The first-order chi connectivity index (χ1) is 16.0. The number of carbonyl (C=O) groups excluding carboxylic acids is 2. The number of carbonyl (C=O) groups is 2. The number of imide groups is 1. The maximum Gasteiger partial charge on any atom is 0.269 e. The van der Waals surface area contributed by atoms with Crippen LogP contribution in [0.5, 0.6) is 0 Å². The number of benzene rings is 3. The van der Waals surface area contributed by atoms with Crippen molar-refractivity contribution >= 4 is 40.6 Å². The Labute approximate surface area is 193 Å². The molecular formula is C24H19N3O5S. The topological polar surface area (TPSA) is 93.0 Å². The first-order valence-corrected chi connectivity index (χ1v) is 11.5. The van der Waals surface area contributed by atoms with Crippen LogP contribution in [0.15, 0.2) is 83.8 Å². The molecule has 3 aromatic carbocycles. The first-order valence-electron chi connectivity index (χ1n) is 10.3. The summed E-state index contributed by atoms with van der Waals surface area (Å²) in [4.78, 5) is 45.5. The second-order valence-electron chi connectivity index (χ2n) is 7.72. The predicted octanol–water partition coefficient (Wildman–Crippen LogP) is 4.37. The zero-order valence-corrected chi connectivity index (χ0v) is 18.3. The van der Waals surface area contributed by atoms with Gasteiger partial charge < -0.3 is 0 Å². The molecule has 2 fully saturated rings. The molecule has 0 N–H and O–H groups in total. The molecule has 9 heteroatoms. The molecule has 0 saturated carbocycles. The van der Waals surface area contributed by atoms with E-state index >= 15 is 0 Å². The van der Waals surface area contributed by atoms with Crippen molar-refractivity contribution in [1.29, 1.82) is 0 Å². The highest BCUT2D eigenvalue weighted by Gasteiger charge is 2.60. The second kappa shape index (κ2) is 8.34. The summed E-state index contributed by atoms with van der Waals surface area (Å²) >= 11 is 1.62. The third-order valence-electron chi connectivity index (χ3n) is 5.90. The van der Waals surface area contributed by atoms with Gasteiger partial charge in [-0.25, -0.2) is 9.96 Å². The molecule has 8 nitrogen and oxygen atoms in total.